The van der Waals surface area contributed by atoms with Crippen molar-refractivity contribution in [3.05, 3.63) is 58.0 Å². The lowest BCUT2D eigenvalue weighted by atomic mass is 10.2. The van der Waals surface area contributed by atoms with Crippen molar-refractivity contribution in [2.24, 2.45) is 0 Å². The standard InChI is InChI=1S/C13H12Cl2N2O2/c14-10-4-3-9(12(15)6-10)7-16-13(18)17-8-11-2-1-5-19-11/h1-6H,7-8H2,(H2,16,17,18). The fourth-order valence-corrected chi connectivity index (χ4v) is 1.96. The summed E-state index contributed by atoms with van der Waals surface area (Å²) in [4.78, 5) is 11.6. The Bertz CT molecular complexity index is 556. The van der Waals surface area contributed by atoms with E-state index in [-0.39, 0.29) is 6.03 Å². The molecule has 0 saturated heterocycles. The number of hydrogen-bond acceptors (Lipinski definition) is 2. The molecular formula is C13H12Cl2N2O2. The van der Waals surface area contributed by atoms with Gasteiger partial charge in [-0.1, -0.05) is 29.3 Å². The monoisotopic (exact) mass is 298 g/mol. The molecule has 0 radical (unpaired) electrons. The van der Waals surface area contributed by atoms with Crippen molar-refractivity contribution in [3.63, 3.8) is 0 Å². The van der Waals surface area contributed by atoms with Gasteiger partial charge in [0.05, 0.1) is 12.8 Å². The molecule has 0 fully saturated rings. The lowest BCUT2D eigenvalue weighted by Crippen LogP contribution is -2.34. The zero-order valence-electron chi connectivity index (χ0n) is 9.95. The summed E-state index contributed by atoms with van der Waals surface area (Å²) in [5, 5.41) is 6.47. The molecule has 0 bridgehead atoms. The van der Waals surface area contributed by atoms with Gasteiger partial charge in [0.1, 0.15) is 5.76 Å². The van der Waals surface area contributed by atoms with Crippen LogP contribution in [0.4, 0.5) is 4.79 Å². The van der Waals surface area contributed by atoms with E-state index in [1.807, 2.05) is 0 Å². The molecule has 0 atom stereocenters. The highest BCUT2D eigenvalue weighted by Crippen LogP contribution is 2.20. The van der Waals surface area contributed by atoms with Crippen LogP contribution in [0.15, 0.2) is 41.0 Å². The Morgan fingerprint density at radius 2 is 1.95 bits per heavy atom. The average Bonchev–Trinajstić information content (AvgIpc) is 2.88. The molecule has 4 nitrogen and oxygen atoms in total. The van der Waals surface area contributed by atoms with E-state index >= 15 is 0 Å². The molecule has 0 aliphatic carbocycles. The normalized spacial score (nSPS) is 10.2. The molecule has 100 valence electrons. The Morgan fingerprint density at radius 1 is 1.16 bits per heavy atom. The SMILES string of the molecule is O=C(NCc1ccco1)NCc1ccc(Cl)cc1Cl. The molecule has 0 aliphatic heterocycles. The van der Waals surface area contributed by atoms with Gasteiger partial charge in [0.15, 0.2) is 0 Å². The fourth-order valence-electron chi connectivity index (χ4n) is 1.48. The van der Waals surface area contributed by atoms with Crippen LogP contribution in [0.5, 0.6) is 0 Å². The molecule has 2 N–H and O–H groups in total. The lowest BCUT2D eigenvalue weighted by molar-refractivity contribution is 0.239. The van der Waals surface area contributed by atoms with Crippen molar-refractivity contribution < 1.29 is 9.21 Å². The van der Waals surface area contributed by atoms with Crippen molar-refractivity contribution in [2.75, 3.05) is 0 Å². The number of furan rings is 1. The van der Waals surface area contributed by atoms with Gasteiger partial charge < -0.3 is 15.1 Å². The fraction of sp³-hybridized carbons (Fsp3) is 0.154. The molecule has 6 heteroatoms. The number of amides is 2. The second-order valence-corrected chi connectivity index (χ2v) is 4.69. The van der Waals surface area contributed by atoms with Crippen LogP contribution in [0.3, 0.4) is 0 Å². The van der Waals surface area contributed by atoms with Gasteiger partial charge in [-0.25, -0.2) is 4.79 Å². The largest absolute Gasteiger partial charge is 0.467 e. The zero-order valence-corrected chi connectivity index (χ0v) is 11.5. The third-order valence-electron chi connectivity index (χ3n) is 2.46. The zero-order chi connectivity index (χ0) is 13.7. The minimum Gasteiger partial charge on any atom is -0.467 e. The van der Waals surface area contributed by atoms with Gasteiger partial charge in [-0.05, 0) is 29.8 Å². The second kappa shape index (κ2) is 6.50. The van der Waals surface area contributed by atoms with Gasteiger partial charge in [-0.2, -0.15) is 0 Å². The first kappa shape index (κ1) is 13.8. The Hall–Kier alpha value is -1.65. The summed E-state index contributed by atoms with van der Waals surface area (Å²) in [6.45, 7) is 0.674. The summed E-state index contributed by atoms with van der Waals surface area (Å²) in [5.74, 6) is 0.694. The highest BCUT2D eigenvalue weighted by Gasteiger charge is 2.05. The van der Waals surface area contributed by atoms with Gasteiger partial charge in [0.2, 0.25) is 0 Å². The second-order valence-electron chi connectivity index (χ2n) is 3.85. The molecule has 2 amide bonds. The summed E-state index contributed by atoms with van der Waals surface area (Å²) >= 11 is 11.8. The first-order valence-corrected chi connectivity index (χ1v) is 6.39. The number of rotatable bonds is 4. The quantitative estimate of drug-likeness (QED) is 0.906. The molecule has 0 aliphatic rings. The van der Waals surface area contributed by atoms with Crippen molar-refractivity contribution in [3.8, 4) is 0 Å². The Kier molecular flexibility index (Phi) is 4.71. The van der Waals surface area contributed by atoms with Crippen LogP contribution < -0.4 is 10.6 Å². The molecule has 1 aromatic heterocycles. The number of nitrogens with one attached hydrogen (secondary N) is 2. The van der Waals surface area contributed by atoms with E-state index in [4.69, 9.17) is 27.6 Å². The molecule has 0 spiro atoms. The van der Waals surface area contributed by atoms with Gasteiger partial charge in [-0.3, -0.25) is 0 Å². The molecule has 0 unspecified atom stereocenters. The number of benzene rings is 1. The van der Waals surface area contributed by atoms with E-state index in [0.717, 1.165) is 5.56 Å². The minimum absolute atomic E-state index is 0.289. The third kappa shape index (κ3) is 4.19. The Balaban J connectivity index is 1.80. The van der Waals surface area contributed by atoms with Crippen LogP contribution in [0.2, 0.25) is 10.0 Å². The first-order chi connectivity index (χ1) is 9.15. The molecule has 1 aromatic carbocycles. The predicted octanol–water partition coefficient (Wildman–Crippen LogP) is 3.59. The maximum absolute atomic E-state index is 11.6. The summed E-state index contributed by atoms with van der Waals surface area (Å²) < 4.78 is 5.10. The van der Waals surface area contributed by atoms with E-state index in [9.17, 15) is 4.79 Å². The first-order valence-electron chi connectivity index (χ1n) is 5.63. The van der Waals surface area contributed by atoms with Gasteiger partial charge >= 0.3 is 6.03 Å². The maximum atomic E-state index is 11.6. The lowest BCUT2D eigenvalue weighted by Gasteiger charge is -2.08. The van der Waals surface area contributed by atoms with Crippen LogP contribution in [-0.2, 0) is 13.1 Å². The molecule has 1 heterocycles. The number of hydrogen-bond donors (Lipinski definition) is 2. The van der Waals surface area contributed by atoms with E-state index in [1.54, 1.807) is 36.6 Å². The predicted molar refractivity (Wildman–Crippen MR) is 74.2 cm³/mol. The van der Waals surface area contributed by atoms with Crippen LogP contribution in [-0.4, -0.2) is 6.03 Å². The van der Waals surface area contributed by atoms with Crippen molar-refractivity contribution in [1.29, 1.82) is 0 Å². The van der Waals surface area contributed by atoms with Crippen molar-refractivity contribution in [1.82, 2.24) is 10.6 Å². The Morgan fingerprint density at radius 3 is 2.63 bits per heavy atom. The summed E-state index contributed by atoms with van der Waals surface area (Å²) in [6.07, 6.45) is 1.56. The number of carbonyl (C=O) groups excluding carboxylic acids is 1. The van der Waals surface area contributed by atoms with Gasteiger partial charge in [-0.15, -0.1) is 0 Å². The van der Waals surface area contributed by atoms with E-state index < -0.39 is 0 Å². The highest BCUT2D eigenvalue weighted by molar-refractivity contribution is 6.35. The third-order valence-corrected chi connectivity index (χ3v) is 3.04. The summed E-state index contributed by atoms with van der Waals surface area (Å²) in [5.41, 5.74) is 0.805. The number of urea groups is 1. The molecule has 2 rings (SSSR count). The molecule has 19 heavy (non-hydrogen) atoms. The van der Waals surface area contributed by atoms with Crippen LogP contribution >= 0.6 is 23.2 Å². The Labute approximate surface area is 120 Å². The van der Waals surface area contributed by atoms with E-state index in [1.165, 1.54) is 0 Å². The maximum Gasteiger partial charge on any atom is 0.315 e. The molecular weight excluding hydrogens is 287 g/mol. The van der Waals surface area contributed by atoms with Crippen molar-refractivity contribution in [2.45, 2.75) is 13.1 Å². The smallest absolute Gasteiger partial charge is 0.315 e. The average molecular weight is 299 g/mol. The summed E-state index contributed by atoms with van der Waals surface area (Å²) in [7, 11) is 0. The number of halogens is 2. The van der Waals surface area contributed by atoms with Crippen molar-refractivity contribution >= 4 is 29.2 Å². The van der Waals surface area contributed by atoms with Gasteiger partial charge in [0.25, 0.3) is 0 Å². The minimum atomic E-state index is -0.289. The van der Waals surface area contributed by atoms with Gasteiger partial charge in [0, 0.05) is 16.6 Å². The van der Waals surface area contributed by atoms with E-state index in [2.05, 4.69) is 10.6 Å². The summed E-state index contributed by atoms with van der Waals surface area (Å²) in [6, 6.07) is 8.41. The van der Waals surface area contributed by atoms with Crippen LogP contribution in [0, 0.1) is 0 Å². The highest BCUT2D eigenvalue weighted by atomic mass is 35.5. The van der Waals surface area contributed by atoms with Crippen LogP contribution in [0.25, 0.3) is 0 Å². The molecule has 0 saturated carbocycles. The topological polar surface area (TPSA) is 54.3 Å². The van der Waals surface area contributed by atoms with E-state index in [0.29, 0.717) is 28.9 Å². The molecule has 2 aromatic rings. The van der Waals surface area contributed by atoms with Crippen LogP contribution in [0.1, 0.15) is 11.3 Å². The number of carbonyl (C=O) groups is 1.